The third-order valence-electron chi connectivity index (χ3n) is 5.29. The number of likely N-dealkylation sites (tertiary alicyclic amines) is 1. The number of allylic oxidation sites excluding steroid dienone is 2. The molecule has 4 nitrogen and oxygen atoms in total. The van der Waals surface area contributed by atoms with E-state index in [4.69, 9.17) is 4.74 Å². The van der Waals surface area contributed by atoms with Gasteiger partial charge in [-0.2, -0.15) is 0 Å². The quantitative estimate of drug-likeness (QED) is 0.734. The summed E-state index contributed by atoms with van der Waals surface area (Å²) < 4.78 is 5.55. The molecule has 23 heavy (non-hydrogen) atoms. The number of benzene rings is 1. The van der Waals surface area contributed by atoms with Crippen LogP contribution in [0.5, 0.6) is 0 Å². The molecule has 1 spiro atoms. The number of hydrogen-bond donors (Lipinski definition) is 0. The summed E-state index contributed by atoms with van der Waals surface area (Å²) in [6.45, 7) is 6.23. The number of ketones is 1. The molecule has 120 valence electrons. The molecule has 2 fully saturated rings. The van der Waals surface area contributed by atoms with Gasteiger partial charge in [-0.25, -0.2) is 4.79 Å². The lowest BCUT2D eigenvalue weighted by Crippen LogP contribution is -2.45. The van der Waals surface area contributed by atoms with Crippen LogP contribution in [0.15, 0.2) is 36.0 Å². The number of carbonyl (C=O) groups is 2. The summed E-state index contributed by atoms with van der Waals surface area (Å²) in [6.07, 6.45) is 3.39. The van der Waals surface area contributed by atoms with E-state index in [1.54, 1.807) is 11.0 Å². The minimum atomic E-state index is -0.539. The Bertz CT molecular complexity index is 743. The summed E-state index contributed by atoms with van der Waals surface area (Å²) in [5.41, 5.74) is 2.01. The Morgan fingerprint density at radius 3 is 2.70 bits per heavy atom. The standard InChI is InChI=1S/C19H21NO3/c1-18(2,3)23-17(22)20-11-12-8-9-19(12)14-7-5-4-6-13(14)15(21)10-16(19)20/h4-7,10,12H,8-9,11H2,1-3H3. The Morgan fingerprint density at radius 2 is 2.04 bits per heavy atom. The van der Waals surface area contributed by atoms with E-state index in [-0.39, 0.29) is 17.3 Å². The largest absolute Gasteiger partial charge is 0.443 e. The van der Waals surface area contributed by atoms with Crippen molar-refractivity contribution >= 4 is 11.9 Å². The van der Waals surface area contributed by atoms with Crippen molar-refractivity contribution in [2.45, 2.75) is 44.6 Å². The van der Waals surface area contributed by atoms with Gasteiger partial charge in [-0.1, -0.05) is 24.3 Å². The highest BCUT2D eigenvalue weighted by molar-refractivity contribution is 6.08. The van der Waals surface area contributed by atoms with Gasteiger partial charge in [0.25, 0.3) is 0 Å². The fourth-order valence-corrected chi connectivity index (χ4v) is 4.26. The first-order chi connectivity index (χ1) is 10.8. The fourth-order valence-electron chi connectivity index (χ4n) is 4.26. The van der Waals surface area contributed by atoms with Gasteiger partial charge in [0.05, 0.1) is 0 Å². The molecule has 0 radical (unpaired) electrons. The summed E-state index contributed by atoms with van der Waals surface area (Å²) in [4.78, 5) is 26.8. The predicted octanol–water partition coefficient (Wildman–Crippen LogP) is 3.67. The molecular weight excluding hydrogens is 290 g/mol. The zero-order chi connectivity index (χ0) is 16.4. The van der Waals surface area contributed by atoms with E-state index >= 15 is 0 Å². The maximum Gasteiger partial charge on any atom is 0.414 e. The van der Waals surface area contributed by atoms with Gasteiger partial charge in [0.15, 0.2) is 5.78 Å². The average Bonchev–Trinajstić information content (AvgIpc) is 2.66. The maximum absolute atomic E-state index is 12.6. The number of amides is 1. The first-order valence-electron chi connectivity index (χ1n) is 8.19. The minimum Gasteiger partial charge on any atom is -0.443 e. The summed E-state index contributed by atoms with van der Waals surface area (Å²) >= 11 is 0. The lowest BCUT2D eigenvalue weighted by molar-refractivity contribution is 0.0331. The fraction of sp³-hybridized carbons (Fsp3) is 0.474. The molecule has 0 aromatic heterocycles. The molecule has 1 heterocycles. The van der Waals surface area contributed by atoms with Gasteiger partial charge in [0.2, 0.25) is 0 Å². The number of hydrogen-bond acceptors (Lipinski definition) is 3. The average molecular weight is 311 g/mol. The van der Waals surface area contributed by atoms with Crippen molar-refractivity contribution in [1.82, 2.24) is 4.90 Å². The van der Waals surface area contributed by atoms with Crippen molar-refractivity contribution in [3.05, 3.63) is 47.2 Å². The lowest BCUT2D eigenvalue weighted by atomic mass is 9.55. The third kappa shape index (κ3) is 1.90. The van der Waals surface area contributed by atoms with Crippen molar-refractivity contribution in [1.29, 1.82) is 0 Å². The zero-order valence-corrected chi connectivity index (χ0v) is 13.8. The molecule has 4 rings (SSSR count). The summed E-state index contributed by atoms with van der Waals surface area (Å²) in [7, 11) is 0. The molecular formula is C19H21NO3. The van der Waals surface area contributed by atoms with Crippen LogP contribution in [0, 0.1) is 5.92 Å². The Balaban J connectivity index is 1.78. The second kappa shape index (κ2) is 4.47. The number of ether oxygens (including phenoxy) is 1. The molecule has 1 aromatic rings. The highest BCUT2D eigenvalue weighted by Crippen LogP contribution is 2.61. The van der Waals surface area contributed by atoms with Crippen LogP contribution < -0.4 is 0 Å². The van der Waals surface area contributed by atoms with E-state index in [2.05, 4.69) is 0 Å². The Morgan fingerprint density at radius 1 is 1.30 bits per heavy atom. The maximum atomic E-state index is 12.6. The highest BCUT2D eigenvalue weighted by atomic mass is 16.6. The number of fused-ring (bicyclic) bond motifs is 1. The van der Waals surface area contributed by atoms with Crippen LogP contribution in [0.1, 0.15) is 49.5 Å². The monoisotopic (exact) mass is 311 g/mol. The molecule has 0 bridgehead atoms. The van der Waals surface area contributed by atoms with Gasteiger partial charge >= 0.3 is 6.09 Å². The van der Waals surface area contributed by atoms with Crippen molar-refractivity contribution in [2.75, 3.05) is 6.54 Å². The molecule has 0 N–H and O–H groups in total. The lowest BCUT2D eigenvalue weighted by Gasteiger charge is -2.47. The molecule has 1 saturated heterocycles. The number of carbonyl (C=O) groups excluding carboxylic acids is 2. The van der Waals surface area contributed by atoms with Crippen LogP contribution in [-0.2, 0) is 10.2 Å². The molecule has 4 heteroatoms. The molecule has 3 aliphatic rings. The molecule has 1 aromatic carbocycles. The summed E-state index contributed by atoms with van der Waals surface area (Å²) in [5, 5.41) is 0. The topological polar surface area (TPSA) is 46.6 Å². The van der Waals surface area contributed by atoms with E-state index in [0.29, 0.717) is 12.5 Å². The van der Waals surface area contributed by atoms with Gasteiger partial charge in [0, 0.05) is 29.3 Å². The van der Waals surface area contributed by atoms with E-state index < -0.39 is 5.60 Å². The predicted molar refractivity (Wildman–Crippen MR) is 86.2 cm³/mol. The van der Waals surface area contributed by atoms with E-state index in [9.17, 15) is 9.59 Å². The molecule has 1 aliphatic heterocycles. The number of nitrogens with zero attached hydrogens (tertiary/aromatic N) is 1. The van der Waals surface area contributed by atoms with Crippen molar-refractivity contribution in [3.8, 4) is 0 Å². The van der Waals surface area contributed by atoms with Crippen LogP contribution in [0.2, 0.25) is 0 Å². The van der Waals surface area contributed by atoms with Crippen LogP contribution in [0.4, 0.5) is 4.79 Å². The zero-order valence-electron chi connectivity index (χ0n) is 13.8. The number of rotatable bonds is 0. The van der Waals surface area contributed by atoms with Crippen LogP contribution >= 0.6 is 0 Å². The smallest absolute Gasteiger partial charge is 0.414 e. The second-order valence-electron chi connectivity index (χ2n) is 7.74. The molecule has 2 atom stereocenters. The van der Waals surface area contributed by atoms with E-state index in [1.807, 2.05) is 45.0 Å². The summed E-state index contributed by atoms with van der Waals surface area (Å²) in [5.74, 6) is 0.373. The van der Waals surface area contributed by atoms with Crippen LogP contribution in [0.25, 0.3) is 0 Å². The Kier molecular flexibility index (Phi) is 2.81. The Hall–Kier alpha value is -2.10. The first-order valence-corrected chi connectivity index (χ1v) is 8.19. The van der Waals surface area contributed by atoms with Crippen LogP contribution in [-0.4, -0.2) is 28.9 Å². The van der Waals surface area contributed by atoms with Gasteiger partial charge < -0.3 is 4.74 Å². The van der Waals surface area contributed by atoms with Crippen molar-refractivity contribution in [2.24, 2.45) is 5.92 Å². The normalized spacial score (nSPS) is 28.3. The Labute approximate surface area is 136 Å². The minimum absolute atomic E-state index is 0.0117. The van der Waals surface area contributed by atoms with Gasteiger partial charge in [-0.3, -0.25) is 9.69 Å². The van der Waals surface area contributed by atoms with E-state index in [1.165, 1.54) is 0 Å². The first kappa shape index (κ1) is 14.5. The van der Waals surface area contributed by atoms with Gasteiger partial charge in [0.1, 0.15) is 5.60 Å². The molecule has 1 amide bonds. The molecule has 1 saturated carbocycles. The molecule has 2 aliphatic carbocycles. The SMILES string of the molecule is CC(C)(C)OC(=O)N1CC2CCC23C1=CC(=O)c1ccccc13. The van der Waals surface area contributed by atoms with E-state index in [0.717, 1.165) is 29.7 Å². The van der Waals surface area contributed by atoms with Gasteiger partial charge in [-0.15, -0.1) is 0 Å². The van der Waals surface area contributed by atoms with Crippen molar-refractivity contribution < 1.29 is 14.3 Å². The second-order valence-corrected chi connectivity index (χ2v) is 7.74. The molecule has 2 unspecified atom stereocenters. The summed E-state index contributed by atoms with van der Waals surface area (Å²) in [6, 6.07) is 7.83. The van der Waals surface area contributed by atoms with Crippen molar-refractivity contribution in [3.63, 3.8) is 0 Å². The van der Waals surface area contributed by atoms with Crippen LogP contribution in [0.3, 0.4) is 0 Å². The third-order valence-corrected chi connectivity index (χ3v) is 5.29. The highest BCUT2D eigenvalue weighted by Gasteiger charge is 2.61. The van der Waals surface area contributed by atoms with Gasteiger partial charge in [-0.05, 0) is 45.1 Å².